The Labute approximate surface area is 72.1 Å². The third-order valence-corrected chi connectivity index (χ3v) is 2.07. The summed E-state index contributed by atoms with van der Waals surface area (Å²) in [6.07, 6.45) is 1.47. The molecular weight excluding hydrogens is 176 g/mol. The third-order valence-electron chi connectivity index (χ3n) is 1.69. The van der Waals surface area contributed by atoms with Gasteiger partial charge in [0.15, 0.2) is 10.4 Å². The molecule has 2 heterocycles. The molecule has 0 aliphatic carbocycles. The highest BCUT2D eigenvalue weighted by molar-refractivity contribution is 7.71. The minimum Gasteiger partial charge on any atom is -0.339 e. The van der Waals surface area contributed by atoms with Gasteiger partial charge in [0.05, 0.1) is 6.33 Å². The van der Waals surface area contributed by atoms with Gasteiger partial charge in [0.1, 0.15) is 5.52 Å². The van der Waals surface area contributed by atoms with Gasteiger partial charge in [-0.2, -0.15) is 0 Å². The van der Waals surface area contributed by atoms with Crippen molar-refractivity contribution in [3.63, 3.8) is 0 Å². The quantitative estimate of drug-likeness (QED) is 0.576. The zero-order valence-electron chi connectivity index (χ0n) is 6.29. The van der Waals surface area contributed by atoms with Gasteiger partial charge in [-0.3, -0.25) is 9.78 Å². The molecule has 5 nitrogen and oxygen atoms in total. The van der Waals surface area contributed by atoms with E-state index in [4.69, 9.17) is 12.2 Å². The molecule has 0 saturated heterocycles. The molecule has 0 amide bonds. The summed E-state index contributed by atoms with van der Waals surface area (Å²) in [6.45, 7) is 0. The molecule has 6 heteroatoms. The molecule has 0 spiro atoms. The van der Waals surface area contributed by atoms with Gasteiger partial charge in [-0.25, -0.2) is 4.98 Å². The average Bonchev–Trinajstić information content (AvgIpc) is 2.48. The van der Waals surface area contributed by atoms with Crippen LogP contribution in [0.1, 0.15) is 0 Å². The smallest absolute Gasteiger partial charge is 0.277 e. The fraction of sp³-hybridized carbons (Fsp3) is 0.167. The van der Waals surface area contributed by atoms with Crippen LogP contribution in [0.5, 0.6) is 0 Å². The maximum Gasteiger partial charge on any atom is 0.277 e. The Morgan fingerprint density at radius 1 is 1.67 bits per heavy atom. The molecule has 2 N–H and O–H groups in total. The summed E-state index contributed by atoms with van der Waals surface area (Å²) in [4.78, 5) is 20.4. The molecule has 2 aromatic heterocycles. The van der Waals surface area contributed by atoms with Crippen molar-refractivity contribution in [2.45, 2.75) is 0 Å². The van der Waals surface area contributed by atoms with Crippen LogP contribution in [-0.4, -0.2) is 19.5 Å². The Hall–Kier alpha value is -1.43. The van der Waals surface area contributed by atoms with Crippen molar-refractivity contribution in [3.05, 3.63) is 21.5 Å². The maximum absolute atomic E-state index is 11.2. The van der Waals surface area contributed by atoms with Gasteiger partial charge in [-0.1, -0.05) is 0 Å². The molecule has 0 aliphatic rings. The van der Waals surface area contributed by atoms with E-state index in [1.54, 1.807) is 11.6 Å². The van der Waals surface area contributed by atoms with Crippen LogP contribution in [0.3, 0.4) is 0 Å². The Morgan fingerprint density at radius 2 is 2.42 bits per heavy atom. The van der Waals surface area contributed by atoms with E-state index in [2.05, 4.69) is 15.0 Å². The topological polar surface area (TPSA) is 66.5 Å². The lowest BCUT2D eigenvalue weighted by atomic mass is 10.5. The van der Waals surface area contributed by atoms with Crippen molar-refractivity contribution < 1.29 is 0 Å². The first-order valence-corrected chi connectivity index (χ1v) is 3.73. The summed E-state index contributed by atoms with van der Waals surface area (Å²) in [5.74, 6) is 0. The summed E-state index contributed by atoms with van der Waals surface area (Å²) in [5.41, 5.74) is 0.792. The lowest BCUT2D eigenvalue weighted by Crippen LogP contribution is -2.12. The standard InChI is InChI=1S/C6H6N4OS/c1-10-4-3(7-2-8-4)5(11)9-6(10)12/h2H,1H3,(H,7,8)(H,9,11,12). The SMILES string of the molecule is Cn1c(=S)[nH]c(=O)c2[nH]cnc21. The Kier molecular flexibility index (Phi) is 1.37. The van der Waals surface area contributed by atoms with Crippen molar-refractivity contribution in [2.75, 3.05) is 0 Å². The largest absolute Gasteiger partial charge is 0.339 e. The predicted molar refractivity (Wildman–Crippen MR) is 46.5 cm³/mol. The lowest BCUT2D eigenvalue weighted by molar-refractivity contribution is 0.867. The van der Waals surface area contributed by atoms with E-state index in [-0.39, 0.29) is 5.56 Å². The van der Waals surface area contributed by atoms with Crippen LogP contribution in [0, 0.1) is 4.77 Å². The zero-order valence-corrected chi connectivity index (χ0v) is 7.10. The molecule has 2 rings (SSSR count). The summed E-state index contributed by atoms with van der Waals surface area (Å²) >= 11 is 4.89. The molecule has 0 aromatic carbocycles. The number of rotatable bonds is 0. The normalized spacial score (nSPS) is 10.8. The van der Waals surface area contributed by atoms with Gasteiger partial charge in [0.25, 0.3) is 5.56 Å². The van der Waals surface area contributed by atoms with Crippen LogP contribution in [0.15, 0.2) is 11.1 Å². The average molecular weight is 182 g/mol. The first-order valence-electron chi connectivity index (χ1n) is 3.32. The van der Waals surface area contributed by atoms with Crippen molar-refractivity contribution in [1.29, 1.82) is 0 Å². The monoisotopic (exact) mass is 182 g/mol. The number of aryl methyl sites for hydroxylation is 1. The fourth-order valence-electron chi connectivity index (χ4n) is 1.05. The van der Waals surface area contributed by atoms with E-state index in [1.165, 1.54) is 6.33 Å². The minimum absolute atomic E-state index is 0.231. The third kappa shape index (κ3) is 0.814. The zero-order chi connectivity index (χ0) is 8.72. The molecule has 62 valence electrons. The number of nitrogens with zero attached hydrogens (tertiary/aromatic N) is 2. The van der Waals surface area contributed by atoms with Gasteiger partial charge in [-0.05, 0) is 12.2 Å². The van der Waals surface area contributed by atoms with E-state index >= 15 is 0 Å². The first-order chi connectivity index (χ1) is 5.70. The molecule has 0 saturated carbocycles. The van der Waals surface area contributed by atoms with Gasteiger partial charge in [0.2, 0.25) is 0 Å². The number of aromatic nitrogens is 4. The summed E-state index contributed by atoms with van der Waals surface area (Å²) in [7, 11) is 1.75. The summed E-state index contributed by atoms with van der Waals surface area (Å²) < 4.78 is 2.02. The maximum atomic E-state index is 11.2. The molecule has 0 fully saturated rings. The Balaban J connectivity index is 3.18. The van der Waals surface area contributed by atoms with Crippen molar-refractivity contribution >= 4 is 23.4 Å². The van der Waals surface area contributed by atoms with Gasteiger partial charge < -0.3 is 9.55 Å². The second-order valence-electron chi connectivity index (χ2n) is 2.42. The molecule has 0 aliphatic heterocycles. The molecule has 0 atom stereocenters. The van der Waals surface area contributed by atoms with Crippen LogP contribution in [-0.2, 0) is 7.05 Å². The minimum atomic E-state index is -0.231. The van der Waals surface area contributed by atoms with Crippen LogP contribution in [0.25, 0.3) is 11.2 Å². The van der Waals surface area contributed by atoms with Crippen LogP contribution in [0.2, 0.25) is 0 Å². The number of aromatic amines is 2. The van der Waals surface area contributed by atoms with E-state index < -0.39 is 0 Å². The number of hydrogen-bond donors (Lipinski definition) is 2. The number of nitrogens with one attached hydrogen (secondary N) is 2. The van der Waals surface area contributed by atoms with Crippen molar-refractivity contribution in [1.82, 2.24) is 19.5 Å². The van der Waals surface area contributed by atoms with E-state index in [0.29, 0.717) is 15.9 Å². The molecule has 2 aromatic rings. The van der Waals surface area contributed by atoms with E-state index in [9.17, 15) is 4.79 Å². The Morgan fingerprint density at radius 3 is 3.17 bits per heavy atom. The lowest BCUT2D eigenvalue weighted by Gasteiger charge is -1.97. The number of imidazole rings is 1. The van der Waals surface area contributed by atoms with Gasteiger partial charge >= 0.3 is 0 Å². The number of hydrogen-bond acceptors (Lipinski definition) is 3. The van der Waals surface area contributed by atoms with Gasteiger partial charge in [0, 0.05) is 7.05 Å². The summed E-state index contributed by atoms with van der Waals surface area (Å²) in [6, 6.07) is 0. The first kappa shape index (κ1) is 7.23. The molecule has 0 radical (unpaired) electrons. The predicted octanol–water partition coefficient (Wildman–Crippen LogP) is 0.319. The fourth-order valence-corrected chi connectivity index (χ4v) is 1.23. The van der Waals surface area contributed by atoms with Crippen LogP contribution >= 0.6 is 12.2 Å². The highest BCUT2D eigenvalue weighted by atomic mass is 32.1. The van der Waals surface area contributed by atoms with Crippen LogP contribution < -0.4 is 5.56 Å². The summed E-state index contributed by atoms with van der Waals surface area (Å²) in [5, 5.41) is 0. The molecule has 12 heavy (non-hydrogen) atoms. The Bertz CT molecular complexity index is 534. The molecule has 0 bridgehead atoms. The second-order valence-corrected chi connectivity index (χ2v) is 2.81. The second kappa shape index (κ2) is 2.28. The molecule has 0 unspecified atom stereocenters. The van der Waals surface area contributed by atoms with Crippen molar-refractivity contribution in [3.8, 4) is 0 Å². The number of H-pyrrole nitrogens is 2. The van der Waals surface area contributed by atoms with E-state index in [1.807, 2.05) is 0 Å². The van der Waals surface area contributed by atoms with Crippen LogP contribution in [0.4, 0.5) is 0 Å². The molecular formula is C6H6N4OS. The van der Waals surface area contributed by atoms with E-state index in [0.717, 1.165) is 0 Å². The highest BCUT2D eigenvalue weighted by Gasteiger charge is 2.03. The van der Waals surface area contributed by atoms with Crippen molar-refractivity contribution in [2.24, 2.45) is 7.05 Å². The number of fused-ring (bicyclic) bond motifs is 1. The highest BCUT2D eigenvalue weighted by Crippen LogP contribution is 2.00. The van der Waals surface area contributed by atoms with Gasteiger partial charge in [-0.15, -0.1) is 0 Å².